The summed E-state index contributed by atoms with van der Waals surface area (Å²) in [5.41, 5.74) is 11.2. The first-order valence-corrected chi connectivity index (χ1v) is 6.27. The zero-order valence-corrected chi connectivity index (χ0v) is 10.3. The highest BCUT2D eigenvalue weighted by molar-refractivity contribution is 5.48. The molecule has 0 spiro atoms. The van der Waals surface area contributed by atoms with Gasteiger partial charge in [-0.25, -0.2) is 0 Å². The average molecular weight is 235 g/mol. The molecule has 94 valence electrons. The Morgan fingerprint density at radius 2 is 2.18 bits per heavy atom. The van der Waals surface area contributed by atoms with E-state index in [0.29, 0.717) is 5.82 Å². The molecule has 0 bridgehead atoms. The van der Waals surface area contributed by atoms with E-state index in [1.54, 1.807) is 6.07 Å². The van der Waals surface area contributed by atoms with Crippen molar-refractivity contribution in [3.05, 3.63) is 6.07 Å². The van der Waals surface area contributed by atoms with Crippen LogP contribution in [0, 0.1) is 11.8 Å². The SMILES string of the molecule is CC1CCCC(CNc2cc(N)nc(N)n2)C1. The summed E-state index contributed by atoms with van der Waals surface area (Å²) in [4.78, 5) is 7.96. The van der Waals surface area contributed by atoms with Crippen molar-refractivity contribution in [2.45, 2.75) is 32.6 Å². The minimum absolute atomic E-state index is 0.226. The molecule has 2 unspecified atom stereocenters. The molecule has 1 aliphatic carbocycles. The van der Waals surface area contributed by atoms with Gasteiger partial charge in [0.1, 0.15) is 11.6 Å². The van der Waals surface area contributed by atoms with Crippen molar-refractivity contribution in [3.8, 4) is 0 Å². The van der Waals surface area contributed by atoms with E-state index in [-0.39, 0.29) is 5.95 Å². The Hall–Kier alpha value is -1.52. The molecule has 5 nitrogen and oxygen atoms in total. The fourth-order valence-electron chi connectivity index (χ4n) is 2.57. The fraction of sp³-hybridized carbons (Fsp3) is 0.667. The molecule has 0 amide bonds. The summed E-state index contributed by atoms with van der Waals surface area (Å²) in [5, 5.41) is 3.31. The number of hydrogen-bond acceptors (Lipinski definition) is 5. The van der Waals surface area contributed by atoms with Crippen molar-refractivity contribution in [1.29, 1.82) is 0 Å². The van der Waals surface area contributed by atoms with E-state index in [1.165, 1.54) is 25.7 Å². The minimum Gasteiger partial charge on any atom is -0.383 e. The highest BCUT2D eigenvalue weighted by atomic mass is 15.1. The molecule has 0 aromatic carbocycles. The van der Waals surface area contributed by atoms with Crippen LogP contribution >= 0.6 is 0 Å². The first-order chi connectivity index (χ1) is 8.13. The summed E-state index contributed by atoms with van der Waals surface area (Å²) < 4.78 is 0. The molecule has 2 atom stereocenters. The Balaban J connectivity index is 1.88. The van der Waals surface area contributed by atoms with Gasteiger partial charge in [-0.3, -0.25) is 0 Å². The summed E-state index contributed by atoms with van der Waals surface area (Å²) in [6, 6.07) is 1.72. The molecule has 1 fully saturated rings. The van der Waals surface area contributed by atoms with Gasteiger partial charge in [0.2, 0.25) is 5.95 Å². The number of hydrogen-bond donors (Lipinski definition) is 3. The molecule has 1 aromatic heterocycles. The number of nitrogens with one attached hydrogen (secondary N) is 1. The molecule has 1 aromatic rings. The fourth-order valence-corrected chi connectivity index (χ4v) is 2.57. The van der Waals surface area contributed by atoms with Crippen LogP contribution in [-0.2, 0) is 0 Å². The summed E-state index contributed by atoms with van der Waals surface area (Å²) in [5.74, 6) is 2.95. The van der Waals surface area contributed by atoms with Crippen LogP contribution in [0.1, 0.15) is 32.6 Å². The third-order valence-corrected chi connectivity index (χ3v) is 3.38. The van der Waals surface area contributed by atoms with Crippen LogP contribution in [0.5, 0.6) is 0 Å². The molecular weight excluding hydrogens is 214 g/mol. The lowest BCUT2D eigenvalue weighted by Crippen LogP contribution is -2.21. The van der Waals surface area contributed by atoms with Crippen LogP contribution in [0.2, 0.25) is 0 Å². The molecule has 2 rings (SSSR count). The molecule has 1 saturated carbocycles. The Morgan fingerprint density at radius 3 is 2.88 bits per heavy atom. The summed E-state index contributed by atoms with van der Waals surface area (Å²) in [7, 11) is 0. The van der Waals surface area contributed by atoms with Gasteiger partial charge in [0, 0.05) is 12.6 Å². The highest BCUT2D eigenvalue weighted by Gasteiger charge is 2.18. The van der Waals surface area contributed by atoms with Crippen molar-refractivity contribution in [3.63, 3.8) is 0 Å². The second-order valence-corrected chi connectivity index (χ2v) is 5.05. The highest BCUT2D eigenvalue weighted by Crippen LogP contribution is 2.28. The van der Waals surface area contributed by atoms with Gasteiger partial charge in [0.05, 0.1) is 0 Å². The van der Waals surface area contributed by atoms with Crippen LogP contribution in [0.25, 0.3) is 0 Å². The lowest BCUT2D eigenvalue weighted by atomic mass is 9.82. The van der Waals surface area contributed by atoms with Crippen molar-refractivity contribution < 1.29 is 0 Å². The van der Waals surface area contributed by atoms with Gasteiger partial charge in [-0.1, -0.05) is 19.8 Å². The monoisotopic (exact) mass is 235 g/mol. The van der Waals surface area contributed by atoms with E-state index in [1.807, 2.05) is 0 Å². The lowest BCUT2D eigenvalue weighted by molar-refractivity contribution is 0.293. The summed E-state index contributed by atoms with van der Waals surface area (Å²) in [6.07, 6.45) is 5.29. The zero-order valence-electron chi connectivity index (χ0n) is 10.3. The molecule has 1 aliphatic rings. The van der Waals surface area contributed by atoms with Gasteiger partial charge in [-0.15, -0.1) is 0 Å². The van der Waals surface area contributed by atoms with Crippen molar-refractivity contribution in [2.24, 2.45) is 11.8 Å². The van der Waals surface area contributed by atoms with Crippen molar-refractivity contribution in [2.75, 3.05) is 23.3 Å². The number of anilines is 3. The number of nitrogens with two attached hydrogens (primary N) is 2. The second kappa shape index (κ2) is 5.21. The van der Waals surface area contributed by atoms with Crippen LogP contribution in [-0.4, -0.2) is 16.5 Å². The standard InChI is InChI=1S/C12H21N5/c1-8-3-2-4-9(5-8)7-15-11-6-10(13)16-12(14)17-11/h6,8-9H,2-5,7H2,1H3,(H5,13,14,15,16,17). The zero-order chi connectivity index (χ0) is 12.3. The van der Waals surface area contributed by atoms with E-state index < -0.39 is 0 Å². The summed E-state index contributed by atoms with van der Waals surface area (Å²) >= 11 is 0. The third kappa shape index (κ3) is 3.47. The largest absolute Gasteiger partial charge is 0.383 e. The lowest BCUT2D eigenvalue weighted by Gasteiger charge is -2.26. The maximum Gasteiger partial charge on any atom is 0.223 e. The molecular formula is C12H21N5. The van der Waals surface area contributed by atoms with E-state index >= 15 is 0 Å². The quantitative estimate of drug-likeness (QED) is 0.744. The maximum atomic E-state index is 5.62. The van der Waals surface area contributed by atoms with Gasteiger partial charge in [-0.2, -0.15) is 9.97 Å². The molecule has 0 aliphatic heterocycles. The second-order valence-electron chi connectivity index (χ2n) is 5.05. The molecule has 0 radical (unpaired) electrons. The van der Waals surface area contributed by atoms with Gasteiger partial charge in [-0.05, 0) is 24.7 Å². The number of aromatic nitrogens is 2. The predicted octanol–water partition coefficient (Wildman–Crippen LogP) is 1.88. The number of nitrogens with zero attached hydrogens (tertiary/aromatic N) is 2. The molecule has 5 heteroatoms. The van der Waals surface area contributed by atoms with Crippen LogP contribution < -0.4 is 16.8 Å². The average Bonchev–Trinajstić information content (AvgIpc) is 2.25. The van der Waals surface area contributed by atoms with E-state index in [0.717, 1.165) is 24.2 Å². The maximum absolute atomic E-state index is 5.62. The van der Waals surface area contributed by atoms with Crippen LogP contribution in [0.4, 0.5) is 17.6 Å². The summed E-state index contributed by atoms with van der Waals surface area (Å²) in [6.45, 7) is 3.27. The van der Waals surface area contributed by atoms with Gasteiger partial charge in [0.25, 0.3) is 0 Å². The normalized spacial score (nSPS) is 24.5. The van der Waals surface area contributed by atoms with Crippen LogP contribution in [0.3, 0.4) is 0 Å². The van der Waals surface area contributed by atoms with Crippen LogP contribution in [0.15, 0.2) is 6.07 Å². The predicted molar refractivity (Wildman–Crippen MR) is 70.5 cm³/mol. The number of rotatable bonds is 3. The minimum atomic E-state index is 0.226. The molecule has 17 heavy (non-hydrogen) atoms. The van der Waals surface area contributed by atoms with E-state index in [4.69, 9.17) is 11.5 Å². The van der Waals surface area contributed by atoms with Gasteiger partial charge >= 0.3 is 0 Å². The molecule has 1 heterocycles. The van der Waals surface area contributed by atoms with Gasteiger partial charge in [0.15, 0.2) is 0 Å². The number of nitrogen functional groups attached to an aromatic ring is 2. The third-order valence-electron chi connectivity index (χ3n) is 3.38. The topological polar surface area (TPSA) is 89.8 Å². The van der Waals surface area contributed by atoms with E-state index in [9.17, 15) is 0 Å². The molecule has 0 saturated heterocycles. The molecule has 5 N–H and O–H groups in total. The Labute approximate surface area is 102 Å². The van der Waals surface area contributed by atoms with E-state index in [2.05, 4.69) is 22.2 Å². The van der Waals surface area contributed by atoms with Crippen molar-refractivity contribution in [1.82, 2.24) is 9.97 Å². The first-order valence-electron chi connectivity index (χ1n) is 6.27. The smallest absolute Gasteiger partial charge is 0.223 e. The first kappa shape index (κ1) is 12.0. The Morgan fingerprint density at radius 1 is 1.35 bits per heavy atom. The Bertz CT molecular complexity index is 359. The van der Waals surface area contributed by atoms with Crippen molar-refractivity contribution >= 4 is 17.6 Å². The Kier molecular flexibility index (Phi) is 3.66. The van der Waals surface area contributed by atoms with Gasteiger partial charge < -0.3 is 16.8 Å².